The van der Waals surface area contributed by atoms with Crippen molar-refractivity contribution in [1.29, 1.82) is 0 Å². The van der Waals surface area contributed by atoms with Crippen molar-refractivity contribution in [3.05, 3.63) is 29.8 Å². The molecule has 2 amide bonds. The summed E-state index contributed by atoms with van der Waals surface area (Å²) in [7, 11) is 0. The van der Waals surface area contributed by atoms with Crippen LogP contribution >= 0.6 is 0 Å². The molecule has 5 nitrogen and oxygen atoms in total. The molecule has 0 aliphatic rings. The Morgan fingerprint density at radius 1 is 1.12 bits per heavy atom. The first kappa shape index (κ1) is 20.8. The molecule has 1 unspecified atom stereocenters. The van der Waals surface area contributed by atoms with Crippen LogP contribution in [0.15, 0.2) is 24.3 Å². The standard InChI is InChI=1S/C17H23F3N2O3/c1-11(22-15(24)16(2,3)4)14(23)21-9-12-5-7-13(8-6-12)25-10-17(18,19)20/h5-8,11H,9-10H2,1-4H3,(H,21,23)(H,22,24). The fourth-order valence-corrected chi connectivity index (χ4v) is 1.69. The molecular weight excluding hydrogens is 337 g/mol. The molecule has 0 saturated heterocycles. The van der Waals surface area contributed by atoms with Gasteiger partial charge in [-0.25, -0.2) is 0 Å². The molecule has 0 saturated carbocycles. The summed E-state index contributed by atoms with van der Waals surface area (Å²) in [5, 5.41) is 5.28. The second kappa shape index (κ2) is 8.22. The molecule has 0 aliphatic carbocycles. The van der Waals surface area contributed by atoms with Crippen LogP contribution in [0.1, 0.15) is 33.3 Å². The highest BCUT2D eigenvalue weighted by molar-refractivity contribution is 5.89. The van der Waals surface area contributed by atoms with Crippen LogP contribution in [-0.4, -0.2) is 30.6 Å². The molecule has 0 aliphatic heterocycles. The van der Waals surface area contributed by atoms with E-state index in [0.717, 1.165) is 0 Å². The SMILES string of the molecule is CC(NC(=O)C(C)(C)C)C(=O)NCc1ccc(OCC(F)(F)F)cc1. The molecule has 1 aromatic rings. The van der Waals surface area contributed by atoms with Gasteiger partial charge in [0.15, 0.2) is 6.61 Å². The summed E-state index contributed by atoms with van der Waals surface area (Å²) in [6, 6.07) is 5.23. The second-order valence-corrected chi connectivity index (χ2v) is 6.71. The number of carbonyl (C=O) groups is 2. The Hall–Kier alpha value is -2.25. The molecule has 0 fully saturated rings. The number of rotatable bonds is 6. The minimum Gasteiger partial charge on any atom is -0.484 e. The van der Waals surface area contributed by atoms with Crippen molar-refractivity contribution in [2.75, 3.05) is 6.61 Å². The van der Waals surface area contributed by atoms with Gasteiger partial charge in [-0.1, -0.05) is 32.9 Å². The summed E-state index contributed by atoms with van der Waals surface area (Å²) in [6.07, 6.45) is -4.39. The summed E-state index contributed by atoms with van der Waals surface area (Å²) in [4.78, 5) is 23.8. The first-order valence-corrected chi connectivity index (χ1v) is 7.75. The van der Waals surface area contributed by atoms with E-state index < -0.39 is 24.2 Å². The number of carbonyl (C=O) groups excluding carboxylic acids is 2. The van der Waals surface area contributed by atoms with Gasteiger partial charge in [-0.3, -0.25) is 9.59 Å². The maximum Gasteiger partial charge on any atom is 0.422 e. The lowest BCUT2D eigenvalue weighted by molar-refractivity contribution is -0.153. The fraction of sp³-hybridized carbons (Fsp3) is 0.529. The van der Waals surface area contributed by atoms with E-state index >= 15 is 0 Å². The Morgan fingerprint density at radius 3 is 2.16 bits per heavy atom. The Balaban J connectivity index is 2.47. The highest BCUT2D eigenvalue weighted by Crippen LogP contribution is 2.18. The van der Waals surface area contributed by atoms with E-state index in [1.807, 2.05) is 0 Å². The minimum atomic E-state index is -4.39. The van der Waals surface area contributed by atoms with E-state index in [1.165, 1.54) is 12.1 Å². The average molecular weight is 360 g/mol. The zero-order valence-corrected chi connectivity index (χ0v) is 14.7. The molecule has 1 rings (SSSR count). The van der Waals surface area contributed by atoms with Crippen LogP contribution in [0.3, 0.4) is 0 Å². The van der Waals surface area contributed by atoms with Crippen molar-refractivity contribution in [3.8, 4) is 5.75 Å². The predicted molar refractivity (Wildman–Crippen MR) is 86.9 cm³/mol. The van der Waals surface area contributed by atoms with Crippen LogP contribution in [0.25, 0.3) is 0 Å². The van der Waals surface area contributed by atoms with Gasteiger partial charge in [0, 0.05) is 12.0 Å². The molecular formula is C17H23F3N2O3. The van der Waals surface area contributed by atoms with Gasteiger partial charge in [-0.05, 0) is 24.6 Å². The van der Waals surface area contributed by atoms with Gasteiger partial charge in [0.05, 0.1) is 0 Å². The van der Waals surface area contributed by atoms with Crippen molar-refractivity contribution in [2.24, 2.45) is 5.41 Å². The van der Waals surface area contributed by atoms with Crippen molar-refractivity contribution < 1.29 is 27.5 Å². The van der Waals surface area contributed by atoms with Gasteiger partial charge < -0.3 is 15.4 Å². The average Bonchev–Trinajstić information content (AvgIpc) is 2.49. The first-order chi connectivity index (χ1) is 11.4. The third-order valence-corrected chi connectivity index (χ3v) is 3.21. The zero-order chi connectivity index (χ0) is 19.3. The predicted octanol–water partition coefficient (Wildman–Crippen LogP) is 2.79. The van der Waals surface area contributed by atoms with Gasteiger partial charge >= 0.3 is 6.18 Å². The van der Waals surface area contributed by atoms with Crippen LogP contribution in [0.5, 0.6) is 5.75 Å². The lowest BCUT2D eigenvalue weighted by Crippen LogP contribution is -2.48. The van der Waals surface area contributed by atoms with Crippen molar-refractivity contribution in [2.45, 2.75) is 46.5 Å². The second-order valence-electron chi connectivity index (χ2n) is 6.71. The number of nitrogens with one attached hydrogen (secondary N) is 2. The molecule has 0 spiro atoms. The summed E-state index contributed by atoms with van der Waals surface area (Å²) in [6.45, 7) is 5.65. The van der Waals surface area contributed by atoms with Crippen LogP contribution in [0.4, 0.5) is 13.2 Å². The highest BCUT2D eigenvalue weighted by atomic mass is 19.4. The topological polar surface area (TPSA) is 67.4 Å². The van der Waals surface area contributed by atoms with Crippen LogP contribution in [0.2, 0.25) is 0 Å². The van der Waals surface area contributed by atoms with E-state index in [1.54, 1.807) is 39.8 Å². The van der Waals surface area contributed by atoms with E-state index in [4.69, 9.17) is 0 Å². The quantitative estimate of drug-likeness (QED) is 0.820. The Kier molecular flexibility index (Phi) is 6.84. The highest BCUT2D eigenvalue weighted by Gasteiger charge is 2.28. The molecule has 0 heterocycles. The number of benzene rings is 1. The van der Waals surface area contributed by atoms with Gasteiger partial charge in [-0.2, -0.15) is 13.2 Å². The van der Waals surface area contributed by atoms with E-state index in [2.05, 4.69) is 15.4 Å². The molecule has 2 N–H and O–H groups in total. The zero-order valence-electron chi connectivity index (χ0n) is 14.7. The molecule has 8 heteroatoms. The molecule has 140 valence electrons. The lowest BCUT2D eigenvalue weighted by atomic mass is 9.95. The van der Waals surface area contributed by atoms with E-state index in [9.17, 15) is 22.8 Å². The van der Waals surface area contributed by atoms with Crippen LogP contribution in [-0.2, 0) is 16.1 Å². The van der Waals surface area contributed by atoms with Crippen molar-refractivity contribution in [3.63, 3.8) is 0 Å². The Morgan fingerprint density at radius 2 is 1.68 bits per heavy atom. The van der Waals surface area contributed by atoms with E-state index in [-0.39, 0.29) is 24.1 Å². The molecule has 25 heavy (non-hydrogen) atoms. The number of hydrogen-bond donors (Lipinski definition) is 2. The summed E-state index contributed by atoms with van der Waals surface area (Å²) in [5.41, 5.74) is 0.0999. The molecule has 0 radical (unpaired) electrons. The van der Waals surface area contributed by atoms with Gasteiger partial charge in [0.2, 0.25) is 11.8 Å². The van der Waals surface area contributed by atoms with E-state index in [0.29, 0.717) is 5.56 Å². The Bertz CT molecular complexity index is 593. The van der Waals surface area contributed by atoms with Gasteiger partial charge in [-0.15, -0.1) is 0 Å². The van der Waals surface area contributed by atoms with Crippen molar-refractivity contribution in [1.82, 2.24) is 10.6 Å². The molecule has 1 atom stereocenters. The minimum absolute atomic E-state index is 0.0956. The number of ether oxygens (including phenoxy) is 1. The lowest BCUT2D eigenvalue weighted by Gasteiger charge is -2.21. The smallest absolute Gasteiger partial charge is 0.422 e. The number of halogens is 3. The summed E-state index contributed by atoms with van der Waals surface area (Å²) < 4.78 is 40.8. The summed E-state index contributed by atoms with van der Waals surface area (Å²) in [5.74, 6) is -0.491. The van der Waals surface area contributed by atoms with Gasteiger partial charge in [0.25, 0.3) is 0 Å². The normalized spacial score (nSPS) is 13.1. The largest absolute Gasteiger partial charge is 0.484 e. The third-order valence-electron chi connectivity index (χ3n) is 3.21. The third kappa shape index (κ3) is 7.91. The number of amides is 2. The monoisotopic (exact) mass is 360 g/mol. The first-order valence-electron chi connectivity index (χ1n) is 7.75. The number of alkyl halides is 3. The maximum atomic E-state index is 12.1. The summed E-state index contributed by atoms with van der Waals surface area (Å²) >= 11 is 0. The van der Waals surface area contributed by atoms with Crippen LogP contribution in [0, 0.1) is 5.41 Å². The fourth-order valence-electron chi connectivity index (χ4n) is 1.69. The molecule has 1 aromatic carbocycles. The Labute approximate surface area is 144 Å². The van der Waals surface area contributed by atoms with Crippen molar-refractivity contribution >= 4 is 11.8 Å². The molecule has 0 aromatic heterocycles. The molecule has 0 bridgehead atoms. The number of hydrogen-bond acceptors (Lipinski definition) is 3. The van der Waals surface area contributed by atoms with Crippen LogP contribution < -0.4 is 15.4 Å². The maximum absolute atomic E-state index is 12.1. The van der Waals surface area contributed by atoms with Gasteiger partial charge in [0.1, 0.15) is 11.8 Å².